The first-order chi connectivity index (χ1) is 12.7. The number of aromatic nitrogens is 4. The minimum absolute atomic E-state index is 0.167. The molecule has 3 aromatic rings. The van der Waals surface area contributed by atoms with Gasteiger partial charge >= 0.3 is 0 Å². The molecule has 26 heavy (non-hydrogen) atoms. The van der Waals surface area contributed by atoms with E-state index in [0.717, 1.165) is 21.3 Å². The largest absolute Gasteiger partial charge is 0.493 e. The standard InChI is InChI=1S/C18H16BrN5O2/c1-25-16-8-5-12(9-17(16)26-2)15-10-14(11-3-6-13(19)7-4-11)20-18-21-22-23-24(15)18/h3-10,15H,1-2H3,(H,20,21,23)/t15-/m1/s1. The van der Waals surface area contributed by atoms with E-state index in [2.05, 4.69) is 42.8 Å². The molecule has 0 spiro atoms. The van der Waals surface area contributed by atoms with Gasteiger partial charge in [0, 0.05) is 10.2 Å². The quantitative estimate of drug-likeness (QED) is 0.705. The number of ether oxygens (including phenoxy) is 2. The van der Waals surface area contributed by atoms with Crippen molar-refractivity contribution in [1.29, 1.82) is 0 Å². The van der Waals surface area contributed by atoms with Crippen molar-refractivity contribution in [3.63, 3.8) is 0 Å². The average molecular weight is 414 g/mol. The average Bonchev–Trinajstić information content (AvgIpc) is 3.16. The summed E-state index contributed by atoms with van der Waals surface area (Å²) in [6.45, 7) is 0. The maximum Gasteiger partial charge on any atom is 0.248 e. The van der Waals surface area contributed by atoms with E-state index in [9.17, 15) is 0 Å². The van der Waals surface area contributed by atoms with Gasteiger partial charge in [0.15, 0.2) is 11.5 Å². The number of tetrazole rings is 1. The first kappa shape index (κ1) is 16.6. The van der Waals surface area contributed by atoms with Crippen molar-refractivity contribution in [3.05, 3.63) is 64.1 Å². The van der Waals surface area contributed by atoms with E-state index in [-0.39, 0.29) is 6.04 Å². The summed E-state index contributed by atoms with van der Waals surface area (Å²) >= 11 is 3.46. The lowest BCUT2D eigenvalue weighted by Gasteiger charge is -2.24. The molecule has 0 saturated heterocycles. The first-order valence-corrected chi connectivity index (χ1v) is 8.73. The lowest BCUT2D eigenvalue weighted by Crippen LogP contribution is -2.20. The normalized spacial score (nSPS) is 15.7. The highest BCUT2D eigenvalue weighted by Crippen LogP contribution is 2.36. The summed E-state index contributed by atoms with van der Waals surface area (Å²) in [6.07, 6.45) is 2.09. The van der Waals surface area contributed by atoms with Crippen LogP contribution < -0.4 is 14.8 Å². The number of halogens is 1. The molecule has 0 bridgehead atoms. The topological polar surface area (TPSA) is 74.1 Å². The van der Waals surface area contributed by atoms with Crippen molar-refractivity contribution >= 4 is 27.6 Å². The smallest absolute Gasteiger partial charge is 0.248 e. The molecule has 0 amide bonds. The fraction of sp³-hybridized carbons (Fsp3) is 0.167. The van der Waals surface area contributed by atoms with Gasteiger partial charge in [0.05, 0.1) is 14.2 Å². The lowest BCUT2D eigenvalue weighted by molar-refractivity contribution is 0.354. The summed E-state index contributed by atoms with van der Waals surface area (Å²) in [4.78, 5) is 0. The highest BCUT2D eigenvalue weighted by atomic mass is 79.9. The monoisotopic (exact) mass is 413 g/mol. The van der Waals surface area contributed by atoms with E-state index in [1.165, 1.54) is 0 Å². The van der Waals surface area contributed by atoms with E-state index in [4.69, 9.17) is 9.47 Å². The van der Waals surface area contributed by atoms with Crippen LogP contribution in [-0.2, 0) is 0 Å². The van der Waals surface area contributed by atoms with Crippen molar-refractivity contribution in [3.8, 4) is 11.5 Å². The molecule has 0 unspecified atom stereocenters. The van der Waals surface area contributed by atoms with Crippen LogP contribution in [0, 0.1) is 0 Å². The summed E-state index contributed by atoms with van der Waals surface area (Å²) < 4.78 is 13.5. The van der Waals surface area contributed by atoms with Crippen LogP contribution in [0.4, 0.5) is 5.95 Å². The van der Waals surface area contributed by atoms with Crippen molar-refractivity contribution in [2.45, 2.75) is 6.04 Å². The number of fused-ring (bicyclic) bond motifs is 1. The molecule has 0 radical (unpaired) electrons. The maximum absolute atomic E-state index is 5.43. The van der Waals surface area contributed by atoms with E-state index in [1.54, 1.807) is 18.9 Å². The Labute approximate surface area is 158 Å². The number of allylic oxidation sites excluding steroid dienone is 1. The van der Waals surface area contributed by atoms with Gasteiger partial charge in [-0.2, -0.15) is 4.68 Å². The van der Waals surface area contributed by atoms with Crippen LogP contribution in [0.15, 0.2) is 53.0 Å². The molecule has 0 saturated carbocycles. The van der Waals surface area contributed by atoms with Gasteiger partial charge in [0.25, 0.3) is 0 Å². The third-order valence-electron chi connectivity index (χ3n) is 4.23. The Bertz CT molecular complexity index is 968. The third kappa shape index (κ3) is 2.92. The van der Waals surface area contributed by atoms with E-state index in [1.807, 2.05) is 42.5 Å². The summed E-state index contributed by atoms with van der Waals surface area (Å²) in [5.74, 6) is 1.93. The van der Waals surface area contributed by atoms with Crippen LogP contribution in [-0.4, -0.2) is 34.4 Å². The van der Waals surface area contributed by atoms with Crippen molar-refractivity contribution in [2.24, 2.45) is 0 Å². The number of anilines is 1. The highest BCUT2D eigenvalue weighted by Gasteiger charge is 2.25. The molecule has 2 heterocycles. The zero-order chi connectivity index (χ0) is 18.1. The van der Waals surface area contributed by atoms with Crippen LogP contribution in [0.5, 0.6) is 11.5 Å². The van der Waals surface area contributed by atoms with Gasteiger partial charge < -0.3 is 14.8 Å². The Morgan fingerprint density at radius 3 is 2.54 bits per heavy atom. The van der Waals surface area contributed by atoms with Crippen LogP contribution in [0.25, 0.3) is 5.70 Å². The zero-order valence-corrected chi connectivity index (χ0v) is 15.8. The predicted octanol–water partition coefficient (Wildman–Crippen LogP) is 3.51. The summed E-state index contributed by atoms with van der Waals surface area (Å²) in [5.41, 5.74) is 2.99. The minimum atomic E-state index is -0.167. The van der Waals surface area contributed by atoms with Gasteiger partial charge in [0.1, 0.15) is 6.04 Å². The van der Waals surface area contributed by atoms with Crippen LogP contribution in [0.2, 0.25) is 0 Å². The highest BCUT2D eigenvalue weighted by molar-refractivity contribution is 9.10. The van der Waals surface area contributed by atoms with Crippen molar-refractivity contribution < 1.29 is 9.47 Å². The van der Waals surface area contributed by atoms with Gasteiger partial charge in [-0.3, -0.25) is 0 Å². The van der Waals surface area contributed by atoms with Crippen LogP contribution in [0.3, 0.4) is 0 Å². The van der Waals surface area contributed by atoms with Gasteiger partial charge in [0.2, 0.25) is 5.95 Å². The fourth-order valence-corrected chi connectivity index (χ4v) is 3.19. The van der Waals surface area contributed by atoms with Crippen LogP contribution in [0.1, 0.15) is 17.2 Å². The van der Waals surface area contributed by atoms with Gasteiger partial charge in [-0.05, 0) is 51.9 Å². The molecular formula is C18H16BrN5O2. The SMILES string of the molecule is COc1ccc([C@H]2C=C(c3ccc(Br)cc3)Nc3nnnn32)cc1OC. The Balaban J connectivity index is 1.80. The van der Waals surface area contributed by atoms with Gasteiger partial charge in [-0.25, -0.2) is 0 Å². The minimum Gasteiger partial charge on any atom is -0.493 e. The second-order valence-corrected chi connectivity index (χ2v) is 6.63. The van der Waals surface area contributed by atoms with Crippen molar-refractivity contribution in [2.75, 3.05) is 19.5 Å². The molecule has 1 aromatic heterocycles. The molecule has 1 aliphatic rings. The van der Waals surface area contributed by atoms with E-state index < -0.39 is 0 Å². The second kappa shape index (κ2) is 6.80. The molecule has 1 atom stereocenters. The van der Waals surface area contributed by atoms with Gasteiger partial charge in [-0.1, -0.05) is 39.2 Å². The number of benzene rings is 2. The summed E-state index contributed by atoms with van der Waals surface area (Å²) in [7, 11) is 3.24. The number of hydrogen-bond donors (Lipinski definition) is 1. The maximum atomic E-state index is 5.43. The predicted molar refractivity (Wildman–Crippen MR) is 101 cm³/mol. The Morgan fingerprint density at radius 2 is 1.81 bits per heavy atom. The van der Waals surface area contributed by atoms with E-state index in [0.29, 0.717) is 17.4 Å². The molecular weight excluding hydrogens is 398 g/mol. The molecule has 132 valence electrons. The fourth-order valence-electron chi connectivity index (χ4n) is 2.93. The first-order valence-electron chi connectivity index (χ1n) is 7.94. The molecule has 1 aliphatic heterocycles. The number of nitrogens with zero attached hydrogens (tertiary/aromatic N) is 4. The summed E-state index contributed by atoms with van der Waals surface area (Å²) in [5, 5.41) is 15.3. The molecule has 1 N–H and O–H groups in total. The molecule has 0 aliphatic carbocycles. The van der Waals surface area contributed by atoms with Crippen LogP contribution >= 0.6 is 15.9 Å². The lowest BCUT2D eigenvalue weighted by atomic mass is 10.0. The Morgan fingerprint density at radius 1 is 1.04 bits per heavy atom. The Hall–Kier alpha value is -2.87. The molecule has 0 fully saturated rings. The molecule has 4 rings (SSSR count). The van der Waals surface area contributed by atoms with Crippen molar-refractivity contribution in [1.82, 2.24) is 20.2 Å². The summed E-state index contributed by atoms with van der Waals surface area (Å²) in [6, 6.07) is 13.7. The number of rotatable bonds is 4. The van der Waals surface area contributed by atoms with E-state index >= 15 is 0 Å². The number of methoxy groups -OCH3 is 2. The second-order valence-electron chi connectivity index (χ2n) is 5.72. The van der Waals surface area contributed by atoms with Gasteiger partial charge in [-0.15, -0.1) is 0 Å². The zero-order valence-electron chi connectivity index (χ0n) is 14.2. The molecule has 2 aromatic carbocycles. The number of nitrogens with one attached hydrogen (secondary N) is 1. The number of hydrogen-bond acceptors (Lipinski definition) is 6. The molecule has 7 nitrogen and oxygen atoms in total. The Kier molecular flexibility index (Phi) is 4.34. The third-order valence-corrected chi connectivity index (χ3v) is 4.76. The molecule has 8 heteroatoms.